The number of carbonyl (C=O) groups excluding carboxylic acids is 1. The molecule has 0 aliphatic heterocycles. The highest BCUT2D eigenvalue weighted by Crippen LogP contribution is 2.15. The standard InChI is InChI=1S/C12H12F3NO4/c13-12(14,15)11(19)16-9(10(17)18)6-7-20-8-4-2-1-3-5-8/h1-5,9H,6-7H2,(H,16,19)(H,17,18)/t9-/m1/s1. The summed E-state index contributed by atoms with van der Waals surface area (Å²) in [5.74, 6) is -3.39. The van der Waals surface area contributed by atoms with Gasteiger partial charge in [0.05, 0.1) is 6.61 Å². The van der Waals surface area contributed by atoms with Crippen LogP contribution in [-0.4, -0.2) is 35.8 Å². The summed E-state index contributed by atoms with van der Waals surface area (Å²) in [7, 11) is 0. The van der Waals surface area contributed by atoms with E-state index < -0.39 is 24.1 Å². The number of halogens is 3. The monoisotopic (exact) mass is 291 g/mol. The number of amides is 1. The van der Waals surface area contributed by atoms with E-state index in [4.69, 9.17) is 9.84 Å². The number of para-hydroxylation sites is 1. The van der Waals surface area contributed by atoms with Crippen molar-refractivity contribution in [3.05, 3.63) is 30.3 Å². The minimum Gasteiger partial charge on any atom is -0.494 e. The van der Waals surface area contributed by atoms with E-state index >= 15 is 0 Å². The molecule has 110 valence electrons. The van der Waals surface area contributed by atoms with E-state index in [1.54, 1.807) is 30.3 Å². The van der Waals surface area contributed by atoms with Crippen LogP contribution < -0.4 is 10.1 Å². The number of benzene rings is 1. The van der Waals surface area contributed by atoms with Crippen molar-refractivity contribution in [3.63, 3.8) is 0 Å². The van der Waals surface area contributed by atoms with Crippen molar-refractivity contribution in [2.45, 2.75) is 18.6 Å². The molecule has 1 aromatic carbocycles. The fourth-order valence-electron chi connectivity index (χ4n) is 1.31. The molecule has 0 unspecified atom stereocenters. The van der Waals surface area contributed by atoms with Gasteiger partial charge >= 0.3 is 18.1 Å². The molecule has 1 amide bonds. The van der Waals surface area contributed by atoms with E-state index in [9.17, 15) is 22.8 Å². The zero-order chi connectivity index (χ0) is 15.2. The summed E-state index contributed by atoms with van der Waals surface area (Å²) < 4.78 is 41.2. The van der Waals surface area contributed by atoms with Crippen molar-refractivity contribution in [2.75, 3.05) is 6.61 Å². The van der Waals surface area contributed by atoms with Gasteiger partial charge in [-0.2, -0.15) is 13.2 Å². The van der Waals surface area contributed by atoms with E-state index in [2.05, 4.69) is 0 Å². The molecular weight excluding hydrogens is 279 g/mol. The molecular formula is C12H12F3NO4. The van der Waals surface area contributed by atoms with Gasteiger partial charge in [-0.3, -0.25) is 4.79 Å². The van der Waals surface area contributed by atoms with Gasteiger partial charge in [-0.1, -0.05) is 18.2 Å². The Morgan fingerprint density at radius 3 is 2.35 bits per heavy atom. The van der Waals surface area contributed by atoms with Gasteiger partial charge in [0.15, 0.2) is 0 Å². The van der Waals surface area contributed by atoms with Gasteiger partial charge in [0.1, 0.15) is 11.8 Å². The van der Waals surface area contributed by atoms with Crippen LogP contribution in [0.15, 0.2) is 30.3 Å². The first-order valence-electron chi connectivity index (χ1n) is 5.59. The first-order chi connectivity index (χ1) is 9.30. The van der Waals surface area contributed by atoms with Gasteiger partial charge in [-0.25, -0.2) is 4.79 Å². The minimum absolute atomic E-state index is 0.140. The maximum atomic E-state index is 12.0. The number of carboxylic acids is 1. The molecule has 0 saturated carbocycles. The van der Waals surface area contributed by atoms with Crippen LogP contribution in [0.25, 0.3) is 0 Å². The zero-order valence-electron chi connectivity index (χ0n) is 10.2. The van der Waals surface area contributed by atoms with Gasteiger partial charge < -0.3 is 15.2 Å². The first-order valence-corrected chi connectivity index (χ1v) is 5.59. The molecule has 0 radical (unpaired) electrons. The Kier molecular flexibility index (Phi) is 5.36. The Balaban J connectivity index is 2.48. The summed E-state index contributed by atoms with van der Waals surface area (Å²) in [4.78, 5) is 21.4. The van der Waals surface area contributed by atoms with Crippen molar-refractivity contribution in [1.29, 1.82) is 0 Å². The Hall–Kier alpha value is -2.25. The number of aliphatic carboxylic acids is 1. The van der Waals surface area contributed by atoms with E-state index in [-0.39, 0.29) is 13.0 Å². The van der Waals surface area contributed by atoms with Crippen LogP contribution in [0.3, 0.4) is 0 Å². The Labute approximate surface area is 112 Å². The number of nitrogens with one attached hydrogen (secondary N) is 1. The van der Waals surface area contributed by atoms with Crippen molar-refractivity contribution in [1.82, 2.24) is 5.32 Å². The molecule has 1 rings (SSSR count). The highest BCUT2D eigenvalue weighted by molar-refractivity contribution is 5.86. The predicted molar refractivity (Wildman–Crippen MR) is 62.2 cm³/mol. The van der Waals surface area contributed by atoms with Crippen molar-refractivity contribution < 1.29 is 32.6 Å². The summed E-state index contributed by atoms with van der Waals surface area (Å²) in [5.41, 5.74) is 0. The second-order valence-corrected chi connectivity index (χ2v) is 3.81. The third-order valence-corrected chi connectivity index (χ3v) is 2.28. The maximum absolute atomic E-state index is 12.0. The highest BCUT2D eigenvalue weighted by atomic mass is 19.4. The molecule has 0 saturated heterocycles. The van der Waals surface area contributed by atoms with Crippen LogP contribution in [0, 0.1) is 0 Å². The van der Waals surface area contributed by atoms with E-state index in [1.165, 1.54) is 5.32 Å². The lowest BCUT2D eigenvalue weighted by Gasteiger charge is -2.16. The van der Waals surface area contributed by atoms with Crippen LogP contribution in [0.2, 0.25) is 0 Å². The summed E-state index contributed by atoms with van der Waals surface area (Å²) in [6, 6.07) is 6.70. The largest absolute Gasteiger partial charge is 0.494 e. The zero-order valence-corrected chi connectivity index (χ0v) is 10.2. The lowest BCUT2D eigenvalue weighted by atomic mass is 10.2. The number of hydrogen-bond acceptors (Lipinski definition) is 3. The highest BCUT2D eigenvalue weighted by Gasteiger charge is 2.40. The molecule has 2 N–H and O–H groups in total. The minimum atomic E-state index is -5.12. The third-order valence-electron chi connectivity index (χ3n) is 2.28. The number of carbonyl (C=O) groups is 2. The Morgan fingerprint density at radius 1 is 1.25 bits per heavy atom. The van der Waals surface area contributed by atoms with Crippen molar-refractivity contribution >= 4 is 11.9 Å². The molecule has 20 heavy (non-hydrogen) atoms. The summed E-state index contributed by atoms with van der Waals surface area (Å²) in [5, 5.41) is 10.1. The summed E-state index contributed by atoms with van der Waals surface area (Å²) >= 11 is 0. The van der Waals surface area contributed by atoms with Gasteiger partial charge in [0.25, 0.3) is 0 Å². The fraction of sp³-hybridized carbons (Fsp3) is 0.333. The number of hydrogen-bond donors (Lipinski definition) is 2. The molecule has 0 aliphatic rings. The number of rotatable bonds is 6. The summed E-state index contributed by atoms with van der Waals surface area (Å²) in [6.07, 6.45) is -5.40. The lowest BCUT2D eigenvalue weighted by molar-refractivity contribution is -0.175. The van der Waals surface area contributed by atoms with Crippen molar-refractivity contribution in [3.8, 4) is 5.75 Å². The van der Waals surface area contributed by atoms with E-state index in [0.29, 0.717) is 5.75 Å². The topological polar surface area (TPSA) is 75.6 Å². The lowest BCUT2D eigenvalue weighted by Crippen LogP contribution is -2.47. The van der Waals surface area contributed by atoms with Crippen LogP contribution in [0.1, 0.15) is 6.42 Å². The number of alkyl halides is 3. The average molecular weight is 291 g/mol. The van der Waals surface area contributed by atoms with Gasteiger partial charge in [0, 0.05) is 6.42 Å². The second kappa shape index (κ2) is 6.78. The number of ether oxygens (including phenoxy) is 1. The van der Waals surface area contributed by atoms with Crippen LogP contribution in [0.5, 0.6) is 5.75 Å². The van der Waals surface area contributed by atoms with Crippen molar-refractivity contribution in [2.24, 2.45) is 0 Å². The molecule has 1 atom stereocenters. The molecule has 8 heteroatoms. The molecule has 0 aromatic heterocycles. The number of carboxylic acid groups (broad SMARTS) is 1. The molecule has 0 fully saturated rings. The Bertz CT molecular complexity index is 462. The molecule has 0 spiro atoms. The van der Waals surface area contributed by atoms with Crippen LogP contribution >= 0.6 is 0 Å². The second-order valence-electron chi connectivity index (χ2n) is 3.81. The summed E-state index contributed by atoms with van der Waals surface area (Å²) in [6.45, 7) is -0.140. The molecule has 1 aromatic rings. The van der Waals surface area contributed by atoms with Gasteiger partial charge in [-0.05, 0) is 12.1 Å². The SMILES string of the molecule is O=C(O)[C@@H](CCOc1ccccc1)NC(=O)C(F)(F)F. The molecule has 0 bridgehead atoms. The third kappa shape index (κ3) is 5.17. The first kappa shape index (κ1) is 15.8. The smallest absolute Gasteiger partial charge is 0.471 e. The van der Waals surface area contributed by atoms with Crippen LogP contribution in [-0.2, 0) is 9.59 Å². The van der Waals surface area contributed by atoms with E-state index in [0.717, 1.165) is 0 Å². The molecule has 0 heterocycles. The normalized spacial score (nSPS) is 12.6. The van der Waals surface area contributed by atoms with Crippen LogP contribution in [0.4, 0.5) is 13.2 Å². The average Bonchev–Trinajstić information content (AvgIpc) is 2.37. The van der Waals surface area contributed by atoms with Gasteiger partial charge in [0.2, 0.25) is 0 Å². The predicted octanol–water partition coefficient (Wildman–Crippen LogP) is 1.59. The Morgan fingerprint density at radius 2 is 1.85 bits per heavy atom. The fourth-order valence-corrected chi connectivity index (χ4v) is 1.31. The van der Waals surface area contributed by atoms with E-state index in [1.807, 2.05) is 0 Å². The maximum Gasteiger partial charge on any atom is 0.471 e. The van der Waals surface area contributed by atoms with Gasteiger partial charge in [-0.15, -0.1) is 0 Å². The molecule has 0 aliphatic carbocycles. The quantitative estimate of drug-likeness (QED) is 0.834. The molecule has 5 nitrogen and oxygen atoms in total.